The molecule has 0 spiro atoms. The van der Waals surface area contributed by atoms with Crippen LogP contribution >= 0.6 is 0 Å². The molecule has 90 valence electrons. The van der Waals surface area contributed by atoms with E-state index in [1.807, 2.05) is 6.07 Å². The normalized spacial score (nSPS) is 11.0. The first-order valence-electron chi connectivity index (χ1n) is 5.75. The van der Waals surface area contributed by atoms with Crippen molar-refractivity contribution in [3.8, 4) is 0 Å². The van der Waals surface area contributed by atoms with Crippen molar-refractivity contribution in [2.75, 3.05) is 7.05 Å². The maximum absolute atomic E-state index is 5.57. The van der Waals surface area contributed by atoms with Crippen molar-refractivity contribution in [1.29, 1.82) is 0 Å². The fourth-order valence-corrected chi connectivity index (χ4v) is 1.84. The molecule has 0 fully saturated rings. The molecule has 0 atom stereocenters. The molecule has 0 saturated heterocycles. The van der Waals surface area contributed by atoms with Crippen molar-refractivity contribution in [3.63, 3.8) is 0 Å². The minimum Gasteiger partial charge on any atom is -0.472 e. The summed E-state index contributed by atoms with van der Waals surface area (Å²) in [6.07, 6.45) is 3.49. The van der Waals surface area contributed by atoms with Gasteiger partial charge in [-0.3, -0.25) is 4.90 Å². The van der Waals surface area contributed by atoms with Crippen molar-refractivity contribution < 1.29 is 4.42 Å². The van der Waals surface area contributed by atoms with E-state index in [-0.39, 0.29) is 0 Å². The highest BCUT2D eigenvalue weighted by atomic mass is 16.3. The molecule has 0 aliphatic carbocycles. The van der Waals surface area contributed by atoms with E-state index in [9.17, 15) is 0 Å². The second kappa shape index (κ2) is 5.66. The van der Waals surface area contributed by atoms with Crippen LogP contribution < -0.4 is 5.73 Å². The summed E-state index contributed by atoms with van der Waals surface area (Å²) in [4.78, 5) is 2.25. The molecule has 0 saturated carbocycles. The van der Waals surface area contributed by atoms with Crippen LogP contribution in [0.4, 0.5) is 0 Å². The summed E-state index contributed by atoms with van der Waals surface area (Å²) >= 11 is 0. The van der Waals surface area contributed by atoms with Crippen LogP contribution in [-0.4, -0.2) is 11.9 Å². The van der Waals surface area contributed by atoms with Gasteiger partial charge in [-0.1, -0.05) is 24.3 Å². The summed E-state index contributed by atoms with van der Waals surface area (Å²) in [6, 6.07) is 10.4. The lowest BCUT2D eigenvalue weighted by Gasteiger charge is -2.15. The van der Waals surface area contributed by atoms with Gasteiger partial charge in [0.1, 0.15) is 0 Å². The van der Waals surface area contributed by atoms with Crippen molar-refractivity contribution in [3.05, 3.63) is 59.5 Å². The summed E-state index contributed by atoms with van der Waals surface area (Å²) < 4.78 is 5.06. The Labute approximate surface area is 102 Å². The topological polar surface area (TPSA) is 42.4 Å². The quantitative estimate of drug-likeness (QED) is 0.857. The SMILES string of the molecule is CN(Cc1ccc(CN)cc1)Cc1ccoc1. The Morgan fingerprint density at radius 2 is 1.65 bits per heavy atom. The highest BCUT2D eigenvalue weighted by Gasteiger charge is 2.02. The van der Waals surface area contributed by atoms with E-state index in [2.05, 4.69) is 36.2 Å². The van der Waals surface area contributed by atoms with E-state index in [0.717, 1.165) is 13.1 Å². The molecule has 0 aliphatic heterocycles. The van der Waals surface area contributed by atoms with Gasteiger partial charge in [-0.2, -0.15) is 0 Å². The zero-order valence-corrected chi connectivity index (χ0v) is 10.1. The summed E-state index contributed by atoms with van der Waals surface area (Å²) in [6.45, 7) is 2.43. The average Bonchev–Trinajstić information content (AvgIpc) is 2.82. The van der Waals surface area contributed by atoms with E-state index < -0.39 is 0 Å². The van der Waals surface area contributed by atoms with Crippen molar-refractivity contribution >= 4 is 0 Å². The Kier molecular flexibility index (Phi) is 3.96. The molecule has 3 heteroatoms. The van der Waals surface area contributed by atoms with Crippen LogP contribution in [0, 0.1) is 0 Å². The first-order valence-corrected chi connectivity index (χ1v) is 5.75. The molecule has 3 nitrogen and oxygen atoms in total. The van der Waals surface area contributed by atoms with Crippen molar-refractivity contribution in [1.82, 2.24) is 4.90 Å². The van der Waals surface area contributed by atoms with Gasteiger partial charge in [-0.15, -0.1) is 0 Å². The molecule has 17 heavy (non-hydrogen) atoms. The molecule has 0 unspecified atom stereocenters. The second-order valence-corrected chi connectivity index (χ2v) is 4.32. The number of rotatable bonds is 5. The first kappa shape index (κ1) is 11.9. The minimum atomic E-state index is 0.602. The van der Waals surface area contributed by atoms with Crippen molar-refractivity contribution in [2.45, 2.75) is 19.6 Å². The first-order chi connectivity index (χ1) is 8.28. The Morgan fingerprint density at radius 3 is 2.24 bits per heavy atom. The predicted octanol–water partition coefficient (Wildman–Crippen LogP) is 2.37. The maximum Gasteiger partial charge on any atom is 0.0947 e. The zero-order valence-electron chi connectivity index (χ0n) is 10.1. The van der Waals surface area contributed by atoms with Gasteiger partial charge in [0.25, 0.3) is 0 Å². The van der Waals surface area contributed by atoms with Crippen LogP contribution in [0.1, 0.15) is 16.7 Å². The Bertz CT molecular complexity index is 434. The predicted molar refractivity (Wildman–Crippen MR) is 68.2 cm³/mol. The molecule has 1 aromatic heterocycles. The van der Waals surface area contributed by atoms with Gasteiger partial charge in [0.2, 0.25) is 0 Å². The molecule has 2 rings (SSSR count). The molecule has 0 bridgehead atoms. The lowest BCUT2D eigenvalue weighted by atomic mass is 10.1. The summed E-state index contributed by atoms with van der Waals surface area (Å²) in [5, 5.41) is 0. The van der Waals surface area contributed by atoms with E-state index >= 15 is 0 Å². The molecule has 0 aliphatic rings. The van der Waals surface area contributed by atoms with Gasteiger partial charge in [0, 0.05) is 25.2 Å². The lowest BCUT2D eigenvalue weighted by molar-refractivity contribution is 0.318. The van der Waals surface area contributed by atoms with E-state index in [1.54, 1.807) is 12.5 Å². The van der Waals surface area contributed by atoms with Gasteiger partial charge >= 0.3 is 0 Å². The van der Waals surface area contributed by atoms with E-state index in [4.69, 9.17) is 10.2 Å². The minimum absolute atomic E-state index is 0.602. The molecule has 1 aromatic carbocycles. The number of furan rings is 1. The van der Waals surface area contributed by atoms with Crippen LogP contribution in [0.2, 0.25) is 0 Å². The molecular weight excluding hydrogens is 212 g/mol. The van der Waals surface area contributed by atoms with Crippen LogP contribution in [-0.2, 0) is 19.6 Å². The van der Waals surface area contributed by atoms with Crippen LogP contribution in [0.25, 0.3) is 0 Å². The van der Waals surface area contributed by atoms with Crippen LogP contribution in [0.15, 0.2) is 47.3 Å². The van der Waals surface area contributed by atoms with Crippen LogP contribution in [0.3, 0.4) is 0 Å². The molecular formula is C14H18N2O. The summed E-state index contributed by atoms with van der Waals surface area (Å²) in [5.74, 6) is 0. The molecule has 1 heterocycles. The molecule has 0 amide bonds. The highest BCUT2D eigenvalue weighted by Crippen LogP contribution is 2.09. The largest absolute Gasteiger partial charge is 0.472 e. The van der Waals surface area contributed by atoms with Crippen LogP contribution in [0.5, 0.6) is 0 Å². The average molecular weight is 230 g/mol. The molecule has 0 radical (unpaired) electrons. The van der Waals surface area contributed by atoms with Gasteiger partial charge in [-0.25, -0.2) is 0 Å². The smallest absolute Gasteiger partial charge is 0.0947 e. The van der Waals surface area contributed by atoms with E-state index in [0.29, 0.717) is 6.54 Å². The number of benzene rings is 1. The number of hydrogen-bond acceptors (Lipinski definition) is 3. The third-order valence-corrected chi connectivity index (χ3v) is 2.74. The number of nitrogens with two attached hydrogens (primary N) is 1. The number of hydrogen-bond donors (Lipinski definition) is 1. The van der Waals surface area contributed by atoms with Gasteiger partial charge < -0.3 is 10.2 Å². The number of nitrogens with zero attached hydrogens (tertiary/aromatic N) is 1. The third kappa shape index (κ3) is 3.44. The van der Waals surface area contributed by atoms with Gasteiger partial charge in [-0.05, 0) is 24.2 Å². The Hall–Kier alpha value is -1.58. The fourth-order valence-electron chi connectivity index (χ4n) is 1.84. The second-order valence-electron chi connectivity index (χ2n) is 4.32. The Balaban J connectivity index is 1.91. The Morgan fingerprint density at radius 1 is 1.00 bits per heavy atom. The summed E-state index contributed by atoms with van der Waals surface area (Å²) in [5.41, 5.74) is 9.24. The standard InChI is InChI=1S/C14H18N2O/c1-16(10-14-6-7-17-11-14)9-13-4-2-12(8-15)3-5-13/h2-7,11H,8-10,15H2,1H3. The fraction of sp³-hybridized carbons (Fsp3) is 0.286. The summed E-state index contributed by atoms with van der Waals surface area (Å²) in [7, 11) is 2.10. The van der Waals surface area contributed by atoms with Gasteiger partial charge in [0.05, 0.1) is 12.5 Å². The third-order valence-electron chi connectivity index (χ3n) is 2.74. The van der Waals surface area contributed by atoms with Gasteiger partial charge in [0.15, 0.2) is 0 Å². The highest BCUT2D eigenvalue weighted by molar-refractivity contribution is 5.22. The van der Waals surface area contributed by atoms with Crippen molar-refractivity contribution in [2.24, 2.45) is 5.73 Å². The molecule has 2 N–H and O–H groups in total. The zero-order chi connectivity index (χ0) is 12.1. The lowest BCUT2D eigenvalue weighted by Crippen LogP contribution is -2.16. The van der Waals surface area contributed by atoms with E-state index in [1.165, 1.54) is 16.7 Å². The molecule has 2 aromatic rings. The monoisotopic (exact) mass is 230 g/mol. The maximum atomic E-state index is 5.57.